The normalized spacial score (nSPS) is 21.8. The summed E-state index contributed by atoms with van der Waals surface area (Å²) < 4.78 is 27.4. The van der Waals surface area contributed by atoms with Crippen molar-refractivity contribution in [2.45, 2.75) is 43.0 Å². The Balaban J connectivity index is 1.49. The van der Waals surface area contributed by atoms with Crippen LogP contribution in [0.25, 0.3) is 11.0 Å². The van der Waals surface area contributed by atoms with Gasteiger partial charge < -0.3 is 9.97 Å². The van der Waals surface area contributed by atoms with Crippen molar-refractivity contribution in [3.63, 3.8) is 0 Å². The zero-order valence-electron chi connectivity index (χ0n) is 14.2. The van der Waals surface area contributed by atoms with Crippen molar-refractivity contribution in [3.8, 4) is 0 Å². The van der Waals surface area contributed by atoms with Crippen molar-refractivity contribution in [1.29, 1.82) is 0 Å². The number of nitrogens with one attached hydrogen (secondary N) is 2. The van der Waals surface area contributed by atoms with Crippen LogP contribution in [-0.2, 0) is 10.0 Å². The Morgan fingerprint density at radius 1 is 0.920 bits per heavy atom. The summed E-state index contributed by atoms with van der Waals surface area (Å²) in [6.07, 6.45) is 6.39. The predicted molar refractivity (Wildman–Crippen MR) is 96.1 cm³/mol. The maximum absolute atomic E-state index is 12.9. The van der Waals surface area contributed by atoms with E-state index >= 15 is 0 Å². The summed E-state index contributed by atoms with van der Waals surface area (Å²) in [5.41, 5.74) is 0.809. The molecule has 1 saturated carbocycles. The Kier molecular flexibility index (Phi) is 4.43. The van der Waals surface area contributed by atoms with Crippen molar-refractivity contribution < 1.29 is 8.42 Å². The van der Waals surface area contributed by atoms with Crippen LogP contribution in [0, 0.1) is 0 Å². The molecule has 0 bridgehead atoms. The zero-order valence-corrected chi connectivity index (χ0v) is 15.0. The maximum atomic E-state index is 12.9. The Labute approximate surface area is 147 Å². The molecule has 2 aliphatic rings. The minimum atomic E-state index is -3.53. The van der Waals surface area contributed by atoms with E-state index in [4.69, 9.17) is 0 Å². The fourth-order valence-electron chi connectivity index (χ4n) is 4.08. The Bertz CT molecular complexity index is 903. The highest BCUT2D eigenvalue weighted by Crippen LogP contribution is 2.25. The first-order valence-corrected chi connectivity index (χ1v) is 10.4. The summed E-state index contributed by atoms with van der Waals surface area (Å²) in [7, 11) is -3.53. The van der Waals surface area contributed by atoms with Gasteiger partial charge in [-0.05, 0) is 31.0 Å². The van der Waals surface area contributed by atoms with Crippen LogP contribution in [0.3, 0.4) is 0 Å². The summed E-state index contributed by atoms with van der Waals surface area (Å²) in [5, 5.41) is 0. The number of imidazole rings is 1. The highest BCUT2D eigenvalue weighted by atomic mass is 32.2. The first kappa shape index (κ1) is 16.8. The molecular weight excluding hydrogens is 340 g/mol. The van der Waals surface area contributed by atoms with Gasteiger partial charge >= 0.3 is 5.69 Å². The minimum absolute atomic E-state index is 0.237. The number of nitrogens with zero attached hydrogens (tertiary/aromatic N) is 2. The molecule has 0 spiro atoms. The smallest absolute Gasteiger partial charge is 0.306 e. The molecule has 2 heterocycles. The second-order valence-corrected chi connectivity index (χ2v) is 8.96. The summed E-state index contributed by atoms with van der Waals surface area (Å²) in [5.74, 6) is 0. The lowest BCUT2D eigenvalue weighted by Gasteiger charge is -2.40. The number of fused-ring (bicyclic) bond motifs is 1. The summed E-state index contributed by atoms with van der Waals surface area (Å²) >= 11 is 0. The Hall–Kier alpha value is -1.64. The third-order valence-electron chi connectivity index (χ3n) is 5.49. The van der Waals surface area contributed by atoms with E-state index in [1.807, 2.05) is 0 Å². The number of sulfonamides is 1. The van der Waals surface area contributed by atoms with Crippen LogP contribution >= 0.6 is 0 Å². The number of benzene rings is 1. The molecule has 0 radical (unpaired) electrons. The number of hydrogen-bond donors (Lipinski definition) is 2. The number of aromatic amines is 2. The lowest BCUT2D eigenvalue weighted by atomic mass is 9.94. The molecular formula is C17H24N4O3S. The van der Waals surface area contributed by atoms with Gasteiger partial charge in [-0.25, -0.2) is 13.2 Å². The van der Waals surface area contributed by atoms with Crippen molar-refractivity contribution >= 4 is 21.1 Å². The van der Waals surface area contributed by atoms with Crippen LogP contribution < -0.4 is 5.69 Å². The minimum Gasteiger partial charge on any atom is -0.306 e. The molecule has 2 aromatic rings. The molecule has 1 aliphatic heterocycles. The van der Waals surface area contributed by atoms with Gasteiger partial charge in [-0.1, -0.05) is 19.3 Å². The van der Waals surface area contributed by atoms with Crippen LogP contribution in [0.15, 0.2) is 27.9 Å². The van der Waals surface area contributed by atoms with Gasteiger partial charge in [0.1, 0.15) is 0 Å². The second-order valence-electron chi connectivity index (χ2n) is 7.02. The van der Waals surface area contributed by atoms with Gasteiger partial charge in [-0.3, -0.25) is 4.90 Å². The lowest BCUT2D eigenvalue weighted by Crippen LogP contribution is -2.52. The lowest BCUT2D eigenvalue weighted by molar-refractivity contribution is 0.111. The first-order chi connectivity index (χ1) is 12.0. The molecule has 2 fully saturated rings. The van der Waals surface area contributed by atoms with Crippen molar-refractivity contribution in [2.75, 3.05) is 26.2 Å². The average molecular weight is 364 g/mol. The van der Waals surface area contributed by atoms with Crippen LogP contribution in [-0.4, -0.2) is 59.8 Å². The van der Waals surface area contributed by atoms with Gasteiger partial charge in [0.25, 0.3) is 0 Å². The zero-order chi connectivity index (χ0) is 17.4. The molecule has 0 amide bonds. The number of piperazine rings is 1. The van der Waals surface area contributed by atoms with Crippen LogP contribution in [0.1, 0.15) is 32.1 Å². The predicted octanol–water partition coefficient (Wildman–Crippen LogP) is 1.50. The Morgan fingerprint density at radius 2 is 1.60 bits per heavy atom. The molecule has 0 unspecified atom stereocenters. The Morgan fingerprint density at radius 3 is 2.32 bits per heavy atom. The van der Waals surface area contributed by atoms with E-state index in [-0.39, 0.29) is 10.6 Å². The van der Waals surface area contributed by atoms with Crippen molar-refractivity contribution in [1.82, 2.24) is 19.2 Å². The average Bonchev–Trinajstić information content (AvgIpc) is 3.02. The van der Waals surface area contributed by atoms with Gasteiger partial charge in [0.2, 0.25) is 10.0 Å². The van der Waals surface area contributed by atoms with E-state index in [9.17, 15) is 13.2 Å². The first-order valence-electron chi connectivity index (χ1n) is 9.00. The fourth-order valence-corrected chi connectivity index (χ4v) is 5.53. The molecule has 8 heteroatoms. The topological polar surface area (TPSA) is 89.3 Å². The van der Waals surface area contributed by atoms with Gasteiger partial charge in [0, 0.05) is 32.2 Å². The fraction of sp³-hybridized carbons (Fsp3) is 0.588. The van der Waals surface area contributed by atoms with E-state index in [1.165, 1.54) is 38.2 Å². The van der Waals surface area contributed by atoms with E-state index in [1.54, 1.807) is 16.4 Å². The molecule has 0 atom stereocenters. The summed E-state index contributed by atoms with van der Waals surface area (Å²) in [6.45, 7) is 2.65. The largest absolute Gasteiger partial charge is 0.323 e. The van der Waals surface area contributed by atoms with Gasteiger partial charge in [0.15, 0.2) is 0 Å². The molecule has 25 heavy (non-hydrogen) atoms. The molecule has 1 saturated heterocycles. The number of aromatic nitrogens is 2. The number of rotatable bonds is 3. The number of H-pyrrole nitrogens is 2. The molecule has 1 aromatic carbocycles. The van der Waals surface area contributed by atoms with Crippen LogP contribution in [0.5, 0.6) is 0 Å². The van der Waals surface area contributed by atoms with E-state index in [0.29, 0.717) is 30.2 Å². The van der Waals surface area contributed by atoms with Gasteiger partial charge in [0.05, 0.1) is 15.9 Å². The molecule has 136 valence electrons. The highest BCUT2D eigenvalue weighted by molar-refractivity contribution is 7.89. The third kappa shape index (κ3) is 3.26. The van der Waals surface area contributed by atoms with Gasteiger partial charge in [-0.2, -0.15) is 4.31 Å². The van der Waals surface area contributed by atoms with Crippen LogP contribution in [0.2, 0.25) is 0 Å². The second kappa shape index (κ2) is 6.59. The molecule has 2 N–H and O–H groups in total. The summed E-state index contributed by atoms with van der Waals surface area (Å²) in [6, 6.07) is 5.36. The molecule has 7 nitrogen and oxygen atoms in total. The third-order valence-corrected chi connectivity index (χ3v) is 7.38. The van der Waals surface area contributed by atoms with Crippen molar-refractivity contribution in [2.24, 2.45) is 0 Å². The molecule has 4 rings (SSSR count). The van der Waals surface area contributed by atoms with Gasteiger partial charge in [-0.15, -0.1) is 0 Å². The monoisotopic (exact) mass is 364 g/mol. The van der Waals surface area contributed by atoms with E-state index in [2.05, 4.69) is 14.9 Å². The standard InChI is InChI=1S/C17H24N4O3S/c22-17-18-15-7-6-14(12-16(15)19-17)25(23,24)21-10-8-20(9-11-21)13-4-2-1-3-5-13/h6-7,12-13H,1-5,8-11H2,(H2,18,19,22). The number of hydrogen-bond acceptors (Lipinski definition) is 4. The quantitative estimate of drug-likeness (QED) is 0.864. The molecule has 1 aromatic heterocycles. The maximum Gasteiger partial charge on any atom is 0.323 e. The van der Waals surface area contributed by atoms with Crippen LogP contribution in [0.4, 0.5) is 0 Å². The van der Waals surface area contributed by atoms with E-state index in [0.717, 1.165) is 13.1 Å². The van der Waals surface area contributed by atoms with E-state index < -0.39 is 10.0 Å². The molecule has 1 aliphatic carbocycles. The highest BCUT2D eigenvalue weighted by Gasteiger charge is 2.31. The van der Waals surface area contributed by atoms with Crippen molar-refractivity contribution in [3.05, 3.63) is 28.7 Å². The SMILES string of the molecule is O=c1[nH]c2ccc(S(=O)(=O)N3CCN(C4CCCCC4)CC3)cc2[nH]1. The summed E-state index contributed by atoms with van der Waals surface area (Å²) in [4.78, 5) is 19.3.